The number of pyridine rings is 2. The van der Waals surface area contributed by atoms with Crippen LogP contribution in [0.25, 0.3) is 11.4 Å². The second-order valence-corrected chi connectivity index (χ2v) is 5.74. The summed E-state index contributed by atoms with van der Waals surface area (Å²) in [5.74, 6) is 0.110. The maximum absolute atomic E-state index is 11.8. The first-order valence-electron chi connectivity index (χ1n) is 8.77. The Bertz CT molecular complexity index is 992. The molecule has 0 saturated carbocycles. The van der Waals surface area contributed by atoms with Crippen molar-refractivity contribution in [3.8, 4) is 17.1 Å². The van der Waals surface area contributed by atoms with Crippen LogP contribution in [-0.4, -0.2) is 34.2 Å². The van der Waals surface area contributed by atoms with Crippen LogP contribution in [0, 0.1) is 15.3 Å². The Morgan fingerprint density at radius 1 is 0.969 bits per heavy atom. The minimum absolute atomic E-state index is 0. The fraction of sp³-hybridized carbons (Fsp3) is 0.0952. The maximum atomic E-state index is 11.8. The van der Waals surface area contributed by atoms with Crippen LogP contribution in [0.4, 0.5) is 0 Å². The molecule has 169 valence electrons. The van der Waals surface area contributed by atoms with Crippen molar-refractivity contribution in [2.75, 3.05) is 7.11 Å². The molecular weight excluding hydrogens is 470 g/mol. The number of ketones is 1. The average molecular weight is 487 g/mol. The molecule has 0 N–H and O–H groups in total. The van der Waals surface area contributed by atoms with Crippen molar-refractivity contribution < 1.29 is 41.5 Å². The molecule has 0 unspecified atom stereocenters. The molecule has 1 aromatic carbocycles. The molecule has 0 bridgehead atoms. The molecule has 10 nitrogen and oxygen atoms in total. The number of carbonyl (C=O) groups is 1. The number of carbonyl (C=O) groups excluding carboxylic acids is 1. The fourth-order valence-corrected chi connectivity index (χ4v) is 2.51. The smallest absolute Gasteiger partial charge is 0.877 e. The zero-order valence-corrected chi connectivity index (χ0v) is 17.5. The van der Waals surface area contributed by atoms with E-state index in [2.05, 4.69) is 9.97 Å². The monoisotopic (exact) mass is 486 g/mol. The van der Waals surface area contributed by atoms with Crippen LogP contribution in [0.15, 0.2) is 84.9 Å². The molecule has 0 aliphatic carbocycles. The number of para-hydroxylation sites is 1. The Kier molecular flexibility index (Phi) is 11.1. The first kappa shape index (κ1) is 26.2. The van der Waals surface area contributed by atoms with Gasteiger partial charge in [0.25, 0.3) is 0 Å². The van der Waals surface area contributed by atoms with E-state index in [4.69, 9.17) is 24.8 Å². The van der Waals surface area contributed by atoms with Gasteiger partial charge >= 0.3 is 17.1 Å². The van der Waals surface area contributed by atoms with Crippen molar-refractivity contribution in [3.63, 3.8) is 0 Å². The summed E-state index contributed by atoms with van der Waals surface area (Å²) in [7, 11) is 1.38. The molecule has 1 atom stereocenters. The van der Waals surface area contributed by atoms with E-state index < -0.39 is 11.4 Å². The van der Waals surface area contributed by atoms with E-state index in [0.717, 1.165) is 11.4 Å². The SMILES string of the molecule is CO[C@@H]1Oc2ccccc2C(=O)/C1=C\[O-].O=[N+]([O-])[O-].[Cu+2].c1ccc(-c2ccccn2)nc1. The maximum Gasteiger partial charge on any atom is 2.00 e. The number of rotatable bonds is 2. The molecule has 1 aliphatic heterocycles. The molecule has 11 heteroatoms. The van der Waals surface area contributed by atoms with Crippen molar-refractivity contribution in [1.82, 2.24) is 9.97 Å². The first-order valence-corrected chi connectivity index (χ1v) is 8.77. The Balaban J connectivity index is 0.000000272. The molecule has 4 rings (SSSR count). The normalized spacial score (nSPS) is 14.8. The van der Waals surface area contributed by atoms with E-state index >= 15 is 0 Å². The molecule has 3 heterocycles. The van der Waals surface area contributed by atoms with Gasteiger partial charge in [0.2, 0.25) is 6.29 Å². The van der Waals surface area contributed by atoms with Gasteiger partial charge in [-0.05, 0) is 36.4 Å². The summed E-state index contributed by atoms with van der Waals surface area (Å²) in [6.07, 6.45) is 3.12. The van der Waals surface area contributed by atoms with E-state index in [1.807, 2.05) is 36.4 Å². The molecule has 3 aromatic rings. The van der Waals surface area contributed by atoms with Crippen molar-refractivity contribution in [1.29, 1.82) is 0 Å². The van der Waals surface area contributed by atoms with Crippen LogP contribution in [0.2, 0.25) is 0 Å². The van der Waals surface area contributed by atoms with Crippen LogP contribution in [0.5, 0.6) is 5.75 Å². The van der Waals surface area contributed by atoms with E-state index in [0.29, 0.717) is 17.6 Å². The summed E-state index contributed by atoms with van der Waals surface area (Å²) < 4.78 is 10.3. The van der Waals surface area contributed by atoms with Crippen LogP contribution < -0.4 is 9.84 Å². The molecule has 0 fully saturated rings. The first-order chi connectivity index (χ1) is 15.0. The van der Waals surface area contributed by atoms with Gasteiger partial charge in [-0.15, -0.1) is 6.26 Å². The minimum atomic E-state index is -1.75. The van der Waals surface area contributed by atoms with Crippen molar-refractivity contribution in [2.24, 2.45) is 0 Å². The van der Waals surface area contributed by atoms with Gasteiger partial charge in [0.05, 0.1) is 27.6 Å². The Hall–Kier alpha value is -3.79. The minimum Gasteiger partial charge on any atom is -0.877 e. The summed E-state index contributed by atoms with van der Waals surface area (Å²) in [6.45, 7) is 0. The van der Waals surface area contributed by atoms with E-state index in [1.54, 1.807) is 36.7 Å². The fourth-order valence-electron chi connectivity index (χ4n) is 2.51. The molecule has 0 saturated heterocycles. The number of fused-ring (bicyclic) bond motifs is 1. The molecule has 2 aromatic heterocycles. The van der Waals surface area contributed by atoms with Gasteiger partial charge in [-0.2, -0.15) is 0 Å². The Labute approximate surface area is 193 Å². The Morgan fingerprint density at radius 2 is 1.47 bits per heavy atom. The number of benzene rings is 1. The number of hydrogen-bond donors (Lipinski definition) is 0. The number of nitrogens with zero attached hydrogens (tertiary/aromatic N) is 3. The van der Waals surface area contributed by atoms with Gasteiger partial charge in [-0.1, -0.05) is 24.3 Å². The van der Waals surface area contributed by atoms with Crippen LogP contribution >= 0.6 is 0 Å². The number of Topliss-reactive ketones (excluding diaryl/α,β-unsaturated/α-hetero) is 1. The topological polar surface area (TPSA) is 151 Å². The standard InChI is InChI=1S/C11H10O4.C10H8N2.Cu.NO3/c1-14-11-8(6-12)10(13)7-4-2-3-5-9(7)15-11;1-3-7-11-9(5-1)10-6-2-4-8-12-10;;2-1(3)4/h2-6,11-12H,1H3;1-8H;;/q;;+2;-1/p-1/b8-6+;;;/t11-;;;/m1.../s1. The van der Waals surface area contributed by atoms with Gasteiger partial charge in [0.1, 0.15) is 5.75 Å². The van der Waals surface area contributed by atoms with E-state index in [-0.39, 0.29) is 28.4 Å². The largest absolute Gasteiger partial charge is 2.00 e. The second-order valence-electron chi connectivity index (χ2n) is 5.74. The Morgan fingerprint density at radius 3 is 1.91 bits per heavy atom. The van der Waals surface area contributed by atoms with Crippen molar-refractivity contribution in [3.05, 3.63) is 106 Å². The van der Waals surface area contributed by atoms with E-state index in [1.165, 1.54) is 7.11 Å². The molecule has 0 spiro atoms. The van der Waals surface area contributed by atoms with Gasteiger partial charge < -0.3 is 29.9 Å². The number of aromatic nitrogens is 2. The third-order valence-electron chi connectivity index (χ3n) is 3.82. The van der Waals surface area contributed by atoms with Gasteiger partial charge in [0, 0.05) is 19.5 Å². The predicted octanol–water partition coefficient (Wildman–Crippen LogP) is 2.38. The predicted molar refractivity (Wildman–Crippen MR) is 108 cm³/mol. The van der Waals surface area contributed by atoms with Crippen LogP contribution in [0.1, 0.15) is 10.4 Å². The molecular formula is C21H17CuN3O7. The van der Waals surface area contributed by atoms with Gasteiger partial charge in [-0.25, -0.2) is 0 Å². The average Bonchev–Trinajstić information content (AvgIpc) is 2.80. The zero-order valence-electron chi connectivity index (χ0n) is 16.6. The summed E-state index contributed by atoms with van der Waals surface area (Å²) in [6, 6.07) is 18.4. The summed E-state index contributed by atoms with van der Waals surface area (Å²) in [4.78, 5) is 28.4. The van der Waals surface area contributed by atoms with Crippen molar-refractivity contribution in [2.45, 2.75) is 6.29 Å². The number of methoxy groups -OCH3 is 1. The van der Waals surface area contributed by atoms with E-state index in [9.17, 15) is 9.90 Å². The molecule has 0 amide bonds. The van der Waals surface area contributed by atoms with Crippen molar-refractivity contribution >= 4 is 5.78 Å². The summed E-state index contributed by atoms with van der Waals surface area (Å²) in [5, 5.41) is 25.5. The number of ether oxygens (including phenoxy) is 2. The quantitative estimate of drug-likeness (QED) is 0.175. The summed E-state index contributed by atoms with van der Waals surface area (Å²) in [5.41, 5.74) is 2.22. The van der Waals surface area contributed by atoms with Crippen LogP contribution in [-0.2, 0) is 21.8 Å². The zero-order chi connectivity index (χ0) is 22.6. The number of hydrogen-bond acceptors (Lipinski definition) is 9. The summed E-state index contributed by atoms with van der Waals surface area (Å²) >= 11 is 0. The van der Waals surface area contributed by atoms with Gasteiger partial charge in [-0.3, -0.25) is 14.8 Å². The second kappa shape index (κ2) is 13.5. The van der Waals surface area contributed by atoms with Crippen LogP contribution in [0.3, 0.4) is 0 Å². The third-order valence-corrected chi connectivity index (χ3v) is 3.82. The molecule has 1 radical (unpaired) electrons. The third kappa shape index (κ3) is 7.47. The molecule has 1 aliphatic rings. The molecule has 32 heavy (non-hydrogen) atoms. The van der Waals surface area contributed by atoms with Gasteiger partial charge in [0.15, 0.2) is 5.78 Å².